The predicted molar refractivity (Wildman–Crippen MR) is 70.5 cm³/mol. The van der Waals surface area contributed by atoms with E-state index in [1.165, 1.54) is 0 Å². The molecule has 2 nitrogen and oxygen atoms in total. The average molecular weight is 274 g/mol. The van der Waals surface area contributed by atoms with Crippen molar-refractivity contribution in [3.05, 3.63) is 35.9 Å². The third-order valence-corrected chi connectivity index (χ3v) is 3.34. The summed E-state index contributed by atoms with van der Waals surface area (Å²) in [6.07, 6.45) is -3.49. The van der Waals surface area contributed by atoms with E-state index in [0.29, 0.717) is 6.42 Å². The van der Waals surface area contributed by atoms with Crippen molar-refractivity contribution in [1.29, 1.82) is 0 Å². The van der Waals surface area contributed by atoms with Crippen LogP contribution in [0.1, 0.15) is 44.1 Å². The van der Waals surface area contributed by atoms with Gasteiger partial charge in [-0.15, -0.1) is 0 Å². The van der Waals surface area contributed by atoms with Crippen LogP contribution in [0.2, 0.25) is 0 Å². The van der Waals surface area contributed by atoms with Crippen LogP contribution in [0.4, 0.5) is 13.2 Å². The molecule has 1 rings (SSSR count). The number of alkyl halides is 3. The quantitative estimate of drug-likeness (QED) is 0.587. The fraction of sp³-hybridized carbons (Fsp3) is 0.571. The van der Waals surface area contributed by atoms with Gasteiger partial charge in [0.1, 0.15) is 0 Å². The molecule has 0 aromatic heterocycles. The van der Waals surface area contributed by atoms with E-state index >= 15 is 0 Å². The Kier molecular flexibility index (Phi) is 6.31. The van der Waals surface area contributed by atoms with Gasteiger partial charge in [0.05, 0.1) is 0 Å². The highest BCUT2D eigenvalue weighted by molar-refractivity contribution is 5.21. The van der Waals surface area contributed by atoms with Gasteiger partial charge in [-0.2, -0.15) is 13.2 Å². The summed E-state index contributed by atoms with van der Waals surface area (Å²) in [5, 5.41) is 0. The minimum atomic E-state index is -4.09. The summed E-state index contributed by atoms with van der Waals surface area (Å²) < 4.78 is 36.5. The van der Waals surface area contributed by atoms with Gasteiger partial charge in [-0.25, -0.2) is 0 Å². The van der Waals surface area contributed by atoms with Gasteiger partial charge < -0.3 is 0 Å². The van der Waals surface area contributed by atoms with Gasteiger partial charge >= 0.3 is 6.18 Å². The summed E-state index contributed by atoms with van der Waals surface area (Å²) in [4.78, 5) is 0. The van der Waals surface area contributed by atoms with Crippen molar-refractivity contribution in [1.82, 2.24) is 5.43 Å². The average Bonchev–Trinajstić information content (AvgIpc) is 2.37. The molecule has 108 valence electrons. The van der Waals surface area contributed by atoms with E-state index in [2.05, 4.69) is 5.43 Å². The van der Waals surface area contributed by atoms with Crippen molar-refractivity contribution in [3.63, 3.8) is 0 Å². The zero-order valence-corrected chi connectivity index (χ0v) is 11.1. The maximum absolute atomic E-state index is 12.2. The van der Waals surface area contributed by atoms with Gasteiger partial charge in [0, 0.05) is 18.4 Å². The topological polar surface area (TPSA) is 38.0 Å². The molecule has 19 heavy (non-hydrogen) atoms. The lowest BCUT2D eigenvalue weighted by Crippen LogP contribution is -2.39. The molecule has 2 unspecified atom stereocenters. The molecule has 0 aliphatic carbocycles. The third kappa shape index (κ3) is 5.61. The largest absolute Gasteiger partial charge is 0.389 e. The molecule has 0 saturated carbocycles. The highest BCUT2D eigenvalue weighted by atomic mass is 19.4. The van der Waals surface area contributed by atoms with Gasteiger partial charge in [0.2, 0.25) is 0 Å². The number of hydrazine groups is 1. The summed E-state index contributed by atoms with van der Waals surface area (Å²) in [6, 6.07) is 9.63. The molecule has 1 aromatic carbocycles. The molecule has 0 saturated heterocycles. The molecule has 0 fully saturated rings. The van der Waals surface area contributed by atoms with E-state index in [9.17, 15) is 13.2 Å². The molecule has 5 heteroatoms. The molecule has 0 heterocycles. The zero-order chi connectivity index (χ0) is 14.3. The van der Waals surface area contributed by atoms with Gasteiger partial charge in [0.25, 0.3) is 0 Å². The van der Waals surface area contributed by atoms with Crippen LogP contribution in [0.15, 0.2) is 30.3 Å². The minimum absolute atomic E-state index is 0.0989. The van der Waals surface area contributed by atoms with Crippen LogP contribution in [0.5, 0.6) is 0 Å². The normalized spacial score (nSPS) is 15.2. The number of hydrogen-bond acceptors (Lipinski definition) is 2. The van der Waals surface area contributed by atoms with Crippen molar-refractivity contribution in [2.75, 3.05) is 0 Å². The summed E-state index contributed by atoms with van der Waals surface area (Å²) in [7, 11) is 0. The van der Waals surface area contributed by atoms with E-state index < -0.39 is 12.6 Å². The molecule has 0 aliphatic rings. The summed E-state index contributed by atoms with van der Waals surface area (Å²) in [6.45, 7) is 2.02. The number of nitrogens with one attached hydrogen (secondary N) is 1. The van der Waals surface area contributed by atoms with Gasteiger partial charge in [-0.1, -0.05) is 37.3 Å². The Labute approximate surface area is 112 Å². The predicted octanol–water partition coefficient (Wildman–Crippen LogP) is 3.74. The second-order valence-electron chi connectivity index (χ2n) is 4.71. The molecule has 3 N–H and O–H groups in total. The lowest BCUT2D eigenvalue weighted by atomic mass is 9.87. The molecule has 0 radical (unpaired) electrons. The lowest BCUT2D eigenvalue weighted by molar-refractivity contribution is -0.135. The van der Waals surface area contributed by atoms with Crippen LogP contribution in [-0.2, 0) is 0 Å². The molecule has 2 atom stereocenters. The molecule has 0 aliphatic heterocycles. The Morgan fingerprint density at radius 1 is 1.21 bits per heavy atom. The summed E-state index contributed by atoms with van der Waals surface area (Å²) in [5.74, 6) is 5.64. The Morgan fingerprint density at radius 2 is 1.84 bits per heavy atom. The van der Waals surface area contributed by atoms with Crippen molar-refractivity contribution < 1.29 is 13.2 Å². The Balaban J connectivity index is 2.61. The van der Waals surface area contributed by atoms with Crippen LogP contribution in [0.3, 0.4) is 0 Å². The maximum Gasteiger partial charge on any atom is 0.389 e. The number of hydrogen-bond donors (Lipinski definition) is 2. The first-order chi connectivity index (χ1) is 8.98. The summed E-state index contributed by atoms with van der Waals surface area (Å²) in [5.41, 5.74) is 3.78. The number of benzene rings is 1. The van der Waals surface area contributed by atoms with Crippen molar-refractivity contribution in [3.8, 4) is 0 Å². The summed E-state index contributed by atoms with van der Waals surface area (Å²) >= 11 is 0. The van der Waals surface area contributed by atoms with Crippen LogP contribution in [0.25, 0.3) is 0 Å². The van der Waals surface area contributed by atoms with E-state index in [1.807, 2.05) is 37.3 Å². The molecular weight excluding hydrogens is 253 g/mol. The van der Waals surface area contributed by atoms with Crippen LogP contribution < -0.4 is 11.3 Å². The van der Waals surface area contributed by atoms with E-state index in [4.69, 9.17) is 5.84 Å². The Morgan fingerprint density at radius 3 is 2.32 bits per heavy atom. The zero-order valence-electron chi connectivity index (χ0n) is 11.1. The second-order valence-corrected chi connectivity index (χ2v) is 4.71. The Bertz CT molecular complexity index is 351. The van der Waals surface area contributed by atoms with Crippen LogP contribution in [0, 0.1) is 0 Å². The third-order valence-electron chi connectivity index (χ3n) is 3.34. The fourth-order valence-corrected chi connectivity index (χ4v) is 2.38. The lowest BCUT2D eigenvalue weighted by Gasteiger charge is -2.26. The van der Waals surface area contributed by atoms with E-state index in [0.717, 1.165) is 12.0 Å². The standard InChI is InChI=1S/C14H21F3N2/c1-2-12(11-7-4-3-5-8-11)13(19-18)9-6-10-14(15,16)17/h3-5,7-8,12-13,19H,2,6,9-10,18H2,1H3. The maximum atomic E-state index is 12.2. The second kappa shape index (κ2) is 7.50. The smallest absolute Gasteiger partial charge is 0.271 e. The van der Waals surface area contributed by atoms with Gasteiger partial charge in [-0.3, -0.25) is 11.3 Å². The first-order valence-corrected chi connectivity index (χ1v) is 6.55. The number of halogens is 3. The first-order valence-electron chi connectivity index (χ1n) is 6.55. The molecule has 0 bridgehead atoms. The number of nitrogens with two attached hydrogens (primary N) is 1. The van der Waals surface area contributed by atoms with Crippen molar-refractivity contribution in [2.45, 2.75) is 50.7 Å². The SMILES string of the molecule is CCC(c1ccccc1)C(CCCC(F)(F)F)NN. The molecule has 0 spiro atoms. The van der Waals surface area contributed by atoms with Crippen molar-refractivity contribution in [2.24, 2.45) is 5.84 Å². The van der Waals surface area contributed by atoms with Crippen molar-refractivity contribution >= 4 is 0 Å². The van der Waals surface area contributed by atoms with Crippen LogP contribution in [-0.4, -0.2) is 12.2 Å². The van der Waals surface area contributed by atoms with Gasteiger partial charge in [-0.05, 0) is 24.8 Å². The molecule has 1 aromatic rings. The van der Waals surface area contributed by atoms with E-state index in [-0.39, 0.29) is 18.4 Å². The fourth-order valence-electron chi connectivity index (χ4n) is 2.38. The first kappa shape index (κ1) is 16.0. The molecular formula is C14H21F3N2. The highest BCUT2D eigenvalue weighted by Crippen LogP contribution is 2.28. The van der Waals surface area contributed by atoms with E-state index in [1.54, 1.807) is 0 Å². The van der Waals surface area contributed by atoms with Crippen LogP contribution >= 0.6 is 0 Å². The Hall–Kier alpha value is -1.07. The molecule has 0 amide bonds. The highest BCUT2D eigenvalue weighted by Gasteiger charge is 2.28. The van der Waals surface area contributed by atoms with Gasteiger partial charge in [0.15, 0.2) is 0 Å². The monoisotopic (exact) mass is 274 g/mol. The number of rotatable bonds is 7. The minimum Gasteiger partial charge on any atom is -0.271 e.